The fraction of sp³-hybridized carbons (Fsp3) is 0.647. The molecule has 3 unspecified atom stereocenters. The lowest BCUT2D eigenvalue weighted by Crippen LogP contribution is -2.37. The van der Waals surface area contributed by atoms with Gasteiger partial charge in [0.05, 0.1) is 7.11 Å². The predicted octanol–water partition coefficient (Wildman–Crippen LogP) is 4.20. The molecule has 0 radical (unpaired) electrons. The van der Waals surface area contributed by atoms with E-state index in [4.69, 9.17) is 4.74 Å². The first-order valence-corrected chi connectivity index (χ1v) is 9.77. The number of methoxy groups -OCH3 is 1. The van der Waals surface area contributed by atoms with Crippen molar-refractivity contribution >= 4 is 23.5 Å². The van der Waals surface area contributed by atoms with Crippen LogP contribution in [0.5, 0.6) is 5.75 Å². The molecule has 0 aliphatic carbocycles. The van der Waals surface area contributed by atoms with Gasteiger partial charge in [0, 0.05) is 33.6 Å². The summed E-state index contributed by atoms with van der Waals surface area (Å²) in [6, 6.07) is 4.78. The van der Waals surface area contributed by atoms with E-state index in [0.29, 0.717) is 16.5 Å². The smallest absolute Gasteiger partial charge is 0.124 e. The average Bonchev–Trinajstić information content (AvgIpc) is 2.49. The minimum Gasteiger partial charge on any atom is -0.496 e. The molecule has 2 rings (SSSR count). The Morgan fingerprint density at radius 2 is 2.00 bits per heavy atom. The molecule has 2 nitrogen and oxygen atoms in total. The van der Waals surface area contributed by atoms with Crippen LogP contribution in [0, 0.1) is 13.8 Å². The molecule has 1 aromatic rings. The lowest BCUT2D eigenvalue weighted by atomic mass is 9.93. The van der Waals surface area contributed by atoms with Gasteiger partial charge in [-0.1, -0.05) is 13.0 Å². The van der Waals surface area contributed by atoms with Crippen molar-refractivity contribution < 1.29 is 4.74 Å². The van der Waals surface area contributed by atoms with Crippen molar-refractivity contribution in [3.63, 3.8) is 0 Å². The molecule has 1 aliphatic rings. The highest BCUT2D eigenvalue weighted by Gasteiger charge is 2.34. The van der Waals surface area contributed by atoms with Crippen molar-refractivity contribution in [3.05, 3.63) is 28.8 Å². The van der Waals surface area contributed by atoms with E-state index < -0.39 is 0 Å². The third kappa shape index (κ3) is 3.72. The van der Waals surface area contributed by atoms with Crippen LogP contribution in [0.2, 0.25) is 0 Å². The molecular weight excluding hydrogens is 298 g/mol. The number of hydrogen-bond donors (Lipinski definition) is 1. The maximum atomic E-state index is 5.69. The molecule has 1 fully saturated rings. The molecule has 0 bridgehead atoms. The third-order valence-electron chi connectivity index (χ3n) is 4.16. The van der Waals surface area contributed by atoms with Gasteiger partial charge in [0.2, 0.25) is 0 Å². The lowest BCUT2D eigenvalue weighted by molar-refractivity contribution is 0.398. The van der Waals surface area contributed by atoms with Gasteiger partial charge in [-0.3, -0.25) is 0 Å². The molecule has 1 aromatic carbocycles. The lowest BCUT2D eigenvalue weighted by Gasteiger charge is -2.37. The van der Waals surface area contributed by atoms with Gasteiger partial charge in [0.1, 0.15) is 5.75 Å². The van der Waals surface area contributed by atoms with E-state index in [-0.39, 0.29) is 0 Å². The fourth-order valence-electron chi connectivity index (χ4n) is 3.23. The number of rotatable bonds is 5. The van der Waals surface area contributed by atoms with E-state index in [1.165, 1.54) is 34.6 Å². The topological polar surface area (TPSA) is 21.3 Å². The summed E-state index contributed by atoms with van der Waals surface area (Å²) in [4.78, 5) is 0. The highest BCUT2D eigenvalue weighted by Crippen LogP contribution is 2.43. The standard InChI is InChI=1S/C17H27NOS2/c1-6-14-17(21-8-7-20-14)16(18-4)15-12(3)9-11(2)10-13(15)19-5/h9-10,14,16-18H,6-8H2,1-5H3. The minimum absolute atomic E-state index is 0.350. The zero-order chi connectivity index (χ0) is 15.4. The summed E-state index contributed by atoms with van der Waals surface area (Å²) in [7, 11) is 3.86. The zero-order valence-corrected chi connectivity index (χ0v) is 15.4. The first kappa shape index (κ1) is 17.0. The highest BCUT2D eigenvalue weighted by atomic mass is 32.2. The van der Waals surface area contributed by atoms with Crippen LogP contribution < -0.4 is 10.1 Å². The SMILES string of the molecule is CCC1SCCSC1C(NC)c1c(C)cc(C)cc1OC. The van der Waals surface area contributed by atoms with E-state index in [2.05, 4.69) is 68.8 Å². The Balaban J connectivity index is 2.41. The number of thioether (sulfide) groups is 2. The normalized spacial score (nSPS) is 23.9. The molecular formula is C17H27NOS2. The van der Waals surface area contributed by atoms with Gasteiger partial charge in [0.15, 0.2) is 0 Å². The quantitative estimate of drug-likeness (QED) is 0.875. The van der Waals surface area contributed by atoms with Crippen molar-refractivity contribution in [1.29, 1.82) is 0 Å². The first-order valence-electron chi connectivity index (χ1n) is 7.68. The first-order chi connectivity index (χ1) is 10.1. The molecule has 1 N–H and O–H groups in total. The van der Waals surface area contributed by atoms with Crippen LogP contribution in [0.3, 0.4) is 0 Å². The Morgan fingerprint density at radius 1 is 1.29 bits per heavy atom. The Labute approximate surface area is 137 Å². The second-order valence-corrected chi connectivity index (χ2v) is 8.25. The Hall–Kier alpha value is -0.320. The van der Waals surface area contributed by atoms with Gasteiger partial charge in [-0.25, -0.2) is 0 Å². The fourth-order valence-corrected chi connectivity index (χ4v) is 6.50. The van der Waals surface area contributed by atoms with Gasteiger partial charge in [-0.15, -0.1) is 0 Å². The molecule has 4 heteroatoms. The molecule has 0 spiro atoms. The van der Waals surface area contributed by atoms with E-state index >= 15 is 0 Å². The summed E-state index contributed by atoms with van der Waals surface area (Å²) in [5.41, 5.74) is 3.93. The van der Waals surface area contributed by atoms with Crippen molar-refractivity contribution in [2.24, 2.45) is 0 Å². The van der Waals surface area contributed by atoms with Crippen LogP contribution >= 0.6 is 23.5 Å². The third-order valence-corrected chi connectivity index (χ3v) is 7.51. The van der Waals surface area contributed by atoms with Crippen molar-refractivity contribution in [2.75, 3.05) is 25.7 Å². The van der Waals surface area contributed by atoms with Crippen LogP contribution in [0.4, 0.5) is 0 Å². The maximum Gasteiger partial charge on any atom is 0.124 e. The van der Waals surface area contributed by atoms with Crippen molar-refractivity contribution in [3.8, 4) is 5.75 Å². The number of benzene rings is 1. The van der Waals surface area contributed by atoms with Crippen LogP contribution in [0.15, 0.2) is 12.1 Å². The van der Waals surface area contributed by atoms with Gasteiger partial charge in [0.25, 0.3) is 0 Å². The monoisotopic (exact) mass is 325 g/mol. The molecule has 21 heavy (non-hydrogen) atoms. The Morgan fingerprint density at radius 3 is 2.62 bits per heavy atom. The second-order valence-electron chi connectivity index (χ2n) is 5.62. The second kappa shape index (κ2) is 7.80. The molecule has 1 saturated heterocycles. The summed E-state index contributed by atoms with van der Waals surface area (Å²) in [5, 5.41) is 4.89. The van der Waals surface area contributed by atoms with Gasteiger partial charge < -0.3 is 10.1 Å². The molecule has 0 amide bonds. The van der Waals surface area contributed by atoms with Crippen LogP contribution in [-0.2, 0) is 0 Å². The predicted molar refractivity (Wildman–Crippen MR) is 97.1 cm³/mol. The number of ether oxygens (including phenoxy) is 1. The summed E-state index contributed by atoms with van der Waals surface area (Å²) in [5.74, 6) is 3.55. The molecule has 1 heterocycles. The summed E-state index contributed by atoms with van der Waals surface area (Å²) < 4.78 is 5.69. The number of aryl methyl sites for hydroxylation is 2. The zero-order valence-electron chi connectivity index (χ0n) is 13.7. The summed E-state index contributed by atoms with van der Waals surface area (Å²) in [6.07, 6.45) is 1.23. The number of hydrogen-bond acceptors (Lipinski definition) is 4. The Kier molecular flexibility index (Phi) is 6.33. The average molecular weight is 326 g/mol. The van der Waals surface area contributed by atoms with E-state index in [1.54, 1.807) is 7.11 Å². The van der Waals surface area contributed by atoms with E-state index in [1.807, 2.05) is 0 Å². The van der Waals surface area contributed by atoms with Crippen molar-refractivity contribution in [1.82, 2.24) is 5.32 Å². The Bertz CT molecular complexity index is 478. The minimum atomic E-state index is 0.350. The largest absolute Gasteiger partial charge is 0.496 e. The molecule has 0 aromatic heterocycles. The van der Waals surface area contributed by atoms with E-state index in [0.717, 1.165) is 5.75 Å². The van der Waals surface area contributed by atoms with Gasteiger partial charge >= 0.3 is 0 Å². The highest BCUT2D eigenvalue weighted by molar-refractivity contribution is 8.07. The van der Waals surface area contributed by atoms with Crippen LogP contribution in [0.25, 0.3) is 0 Å². The van der Waals surface area contributed by atoms with Crippen LogP contribution in [-0.4, -0.2) is 36.2 Å². The molecule has 0 saturated carbocycles. The summed E-state index contributed by atoms with van der Waals surface area (Å²) in [6.45, 7) is 6.65. The van der Waals surface area contributed by atoms with Gasteiger partial charge in [-0.2, -0.15) is 23.5 Å². The molecule has 3 atom stereocenters. The van der Waals surface area contributed by atoms with Crippen LogP contribution in [0.1, 0.15) is 36.1 Å². The molecule has 1 aliphatic heterocycles. The van der Waals surface area contributed by atoms with E-state index in [9.17, 15) is 0 Å². The summed E-state index contributed by atoms with van der Waals surface area (Å²) >= 11 is 4.25. The maximum absolute atomic E-state index is 5.69. The number of nitrogens with one attached hydrogen (secondary N) is 1. The van der Waals surface area contributed by atoms with Gasteiger partial charge in [-0.05, 0) is 44.5 Å². The molecule has 118 valence electrons. The van der Waals surface area contributed by atoms with Crippen molar-refractivity contribution in [2.45, 2.75) is 43.7 Å².